The van der Waals surface area contributed by atoms with E-state index in [-0.39, 0.29) is 0 Å². The van der Waals surface area contributed by atoms with Gasteiger partial charge in [-0.1, -0.05) is 42.5 Å². The summed E-state index contributed by atoms with van der Waals surface area (Å²) in [4.78, 5) is 0. The minimum absolute atomic E-state index is 0.535. The van der Waals surface area contributed by atoms with Crippen LogP contribution in [0.4, 0.5) is 0 Å². The van der Waals surface area contributed by atoms with Gasteiger partial charge in [-0.2, -0.15) is 5.26 Å². The molecule has 0 aliphatic carbocycles. The van der Waals surface area contributed by atoms with E-state index in [1.54, 1.807) is 12.1 Å². The van der Waals surface area contributed by atoms with Crippen LogP contribution in [0.5, 0.6) is 5.75 Å². The first-order chi connectivity index (χ1) is 9.83. The third-order valence-corrected chi connectivity index (χ3v) is 4.21. The average Bonchev–Trinajstić information content (AvgIpc) is 2.49. The Kier molecular flexibility index (Phi) is 5.55. The normalized spacial score (nSPS) is 11.6. The minimum Gasteiger partial charge on any atom is -0.446 e. The second-order valence-corrected chi connectivity index (χ2v) is 5.52. The van der Waals surface area contributed by atoms with E-state index in [4.69, 9.17) is 14.3 Å². The Morgan fingerprint density at radius 3 is 2.45 bits per heavy atom. The molecule has 0 heterocycles. The molecule has 0 fully saturated rings. The van der Waals surface area contributed by atoms with Gasteiger partial charge in [-0.25, -0.2) is 0 Å². The van der Waals surface area contributed by atoms with E-state index in [1.165, 1.54) is 5.56 Å². The lowest BCUT2D eigenvalue weighted by Gasteiger charge is -2.18. The first-order valence-corrected chi connectivity index (χ1v) is 7.81. The van der Waals surface area contributed by atoms with Gasteiger partial charge in [0.1, 0.15) is 11.8 Å². The summed E-state index contributed by atoms with van der Waals surface area (Å²) >= 11 is 0. The number of benzene rings is 2. The highest BCUT2D eigenvalue weighted by molar-refractivity contribution is 7.46. The quantitative estimate of drug-likeness (QED) is 0.734. The molecule has 102 valence electrons. The summed E-state index contributed by atoms with van der Waals surface area (Å²) < 4.78 is 11.6. The predicted octanol–water partition coefficient (Wildman–Crippen LogP) is 4.49. The predicted molar refractivity (Wildman–Crippen MR) is 80.5 cm³/mol. The van der Waals surface area contributed by atoms with Crippen LogP contribution >= 0.6 is 8.38 Å². The van der Waals surface area contributed by atoms with Gasteiger partial charge >= 0.3 is 0 Å². The van der Waals surface area contributed by atoms with Gasteiger partial charge in [0.25, 0.3) is 0 Å². The summed E-state index contributed by atoms with van der Waals surface area (Å²) in [5.41, 5.74) is 1.70. The van der Waals surface area contributed by atoms with Crippen molar-refractivity contribution >= 4 is 8.38 Å². The molecule has 0 saturated carbocycles. The second kappa shape index (κ2) is 7.65. The van der Waals surface area contributed by atoms with Crippen molar-refractivity contribution in [3.8, 4) is 11.8 Å². The standard InChI is InChI=1S/C16H16NO2P/c1-2-18-20(13-14-8-4-3-5-9-14)19-16-11-7-6-10-15(16)12-17/h3-11H,2,13H2,1H3. The van der Waals surface area contributed by atoms with E-state index in [0.29, 0.717) is 24.1 Å². The highest BCUT2D eigenvalue weighted by atomic mass is 31.2. The maximum absolute atomic E-state index is 9.09. The first-order valence-electron chi connectivity index (χ1n) is 6.45. The number of rotatable bonds is 6. The molecular weight excluding hydrogens is 269 g/mol. The Bertz CT molecular complexity index is 581. The molecule has 2 rings (SSSR count). The molecule has 0 aliphatic rings. The molecule has 0 radical (unpaired) electrons. The number of para-hydroxylation sites is 1. The molecule has 20 heavy (non-hydrogen) atoms. The summed E-state index contributed by atoms with van der Waals surface area (Å²) in [5.74, 6) is 0.588. The Morgan fingerprint density at radius 2 is 1.75 bits per heavy atom. The molecule has 2 aromatic rings. The van der Waals surface area contributed by atoms with Gasteiger partial charge in [-0.3, -0.25) is 0 Å². The van der Waals surface area contributed by atoms with Gasteiger partial charge in [0.15, 0.2) is 0 Å². The third kappa shape index (κ3) is 4.06. The molecule has 0 bridgehead atoms. The average molecular weight is 285 g/mol. The maximum atomic E-state index is 9.09. The van der Waals surface area contributed by atoms with E-state index in [9.17, 15) is 0 Å². The van der Waals surface area contributed by atoms with Crippen molar-refractivity contribution in [3.05, 3.63) is 65.7 Å². The molecule has 0 aliphatic heterocycles. The van der Waals surface area contributed by atoms with Crippen LogP contribution in [0.3, 0.4) is 0 Å². The van der Waals surface area contributed by atoms with Crippen LogP contribution in [0.25, 0.3) is 0 Å². The number of nitriles is 1. The van der Waals surface area contributed by atoms with Crippen molar-refractivity contribution in [1.82, 2.24) is 0 Å². The van der Waals surface area contributed by atoms with Crippen LogP contribution in [0.1, 0.15) is 18.1 Å². The second-order valence-electron chi connectivity index (χ2n) is 4.09. The highest BCUT2D eigenvalue weighted by Crippen LogP contribution is 2.43. The Hall–Kier alpha value is -1.88. The van der Waals surface area contributed by atoms with E-state index in [2.05, 4.69) is 6.07 Å². The highest BCUT2D eigenvalue weighted by Gasteiger charge is 2.15. The molecular formula is C16H16NO2P. The van der Waals surface area contributed by atoms with E-state index < -0.39 is 8.38 Å². The van der Waals surface area contributed by atoms with Crippen molar-refractivity contribution < 1.29 is 9.05 Å². The third-order valence-electron chi connectivity index (χ3n) is 2.64. The summed E-state index contributed by atoms with van der Waals surface area (Å²) in [5, 5.41) is 9.09. The van der Waals surface area contributed by atoms with Crippen molar-refractivity contribution in [3.63, 3.8) is 0 Å². The van der Waals surface area contributed by atoms with Crippen molar-refractivity contribution in [2.24, 2.45) is 0 Å². The molecule has 3 nitrogen and oxygen atoms in total. The zero-order valence-corrected chi connectivity index (χ0v) is 12.2. The van der Waals surface area contributed by atoms with Crippen molar-refractivity contribution in [2.45, 2.75) is 13.1 Å². The summed E-state index contributed by atoms with van der Waals surface area (Å²) in [7, 11) is -1.09. The van der Waals surface area contributed by atoms with Crippen LogP contribution in [0.2, 0.25) is 0 Å². The Balaban J connectivity index is 2.11. The smallest absolute Gasteiger partial charge is 0.234 e. The molecule has 4 heteroatoms. The van der Waals surface area contributed by atoms with Crippen LogP contribution in [0.15, 0.2) is 54.6 Å². The van der Waals surface area contributed by atoms with Crippen molar-refractivity contribution in [2.75, 3.05) is 6.61 Å². The van der Waals surface area contributed by atoms with Crippen LogP contribution in [-0.2, 0) is 10.7 Å². The van der Waals surface area contributed by atoms with E-state index in [0.717, 1.165) is 0 Å². The zero-order chi connectivity index (χ0) is 14.2. The molecule has 0 spiro atoms. The summed E-state index contributed by atoms with van der Waals surface area (Å²) in [6.45, 7) is 2.53. The van der Waals surface area contributed by atoms with Gasteiger partial charge in [0, 0.05) is 0 Å². The minimum atomic E-state index is -1.09. The van der Waals surface area contributed by atoms with Gasteiger partial charge in [0.05, 0.1) is 18.3 Å². The monoisotopic (exact) mass is 285 g/mol. The zero-order valence-electron chi connectivity index (χ0n) is 11.3. The first kappa shape index (κ1) is 14.5. The van der Waals surface area contributed by atoms with Crippen LogP contribution in [0, 0.1) is 11.3 Å². The molecule has 0 saturated heterocycles. The van der Waals surface area contributed by atoms with Gasteiger partial charge in [-0.15, -0.1) is 0 Å². The number of hydrogen-bond acceptors (Lipinski definition) is 3. The largest absolute Gasteiger partial charge is 0.446 e. The summed E-state index contributed by atoms with van der Waals surface area (Å²) in [6, 6.07) is 19.5. The van der Waals surface area contributed by atoms with Gasteiger partial charge in [-0.05, 0) is 24.6 Å². The fourth-order valence-electron chi connectivity index (χ4n) is 1.73. The van der Waals surface area contributed by atoms with Crippen LogP contribution in [-0.4, -0.2) is 6.61 Å². The van der Waals surface area contributed by atoms with Crippen LogP contribution < -0.4 is 4.52 Å². The summed E-state index contributed by atoms with van der Waals surface area (Å²) in [6.07, 6.45) is 0.712. The fraction of sp³-hybridized carbons (Fsp3) is 0.188. The number of hydrogen-bond donors (Lipinski definition) is 0. The SMILES string of the molecule is CCOP(Cc1ccccc1)Oc1ccccc1C#N. The van der Waals surface area contributed by atoms with E-state index >= 15 is 0 Å². The van der Waals surface area contributed by atoms with Gasteiger partial charge in [0.2, 0.25) is 8.38 Å². The lowest BCUT2D eigenvalue weighted by Crippen LogP contribution is -1.98. The van der Waals surface area contributed by atoms with E-state index in [1.807, 2.05) is 49.4 Å². The molecule has 0 aromatic heterocycles. The Labute approximate surface area is 120 Å². The van der Waals surface area contributed by atoms with Crippen molar-refractivity contribution in [1.29, 1.82) is 5.26 Å². The molecule has 0 N–H and O–H groups in total. The lowest BCUT2D eigenvalue weighted by atomic mass is 10.2. The molecule has 2 aromatic carbocycles. The fourth-order valence-corrected chi connectivity index (χ4v) is 3.11. The lowest BCUT2D eigenvalue weighted by molar-refractivity contribution is 0.332. The number of nitrogens with zero attached hydrogens (tertiary/aromatic N) is 1. The van der Waals surface area contributed by atoms with Gasteiger partial charge < -0.3 is 9.05 Å². The molecule has 1 unspecified atom stereocenters. The maximum Gasteiger partial charge on any atom is 0.234 e. The Morgan fingerprint density at radius 1 is 1.05 bits per heavy atom. The molecule has 0 amide bonds. The molecule has 1 atom stereocenters. The topological polar surface area (TPSA) is 42.2 Å².